The number of carbonyl (C=O) groups excluding carboxylic acids is 1. The van der Waals surface area contributed by atoms with Crippen molar-refractivity contribution in [2.45, 2.75) is 13.0 Å². The monoisotopic (exact) mass is 242 g/mol. The zero-order valence-electron chi connectivity index (χ0n) is 9.84. The van der Waals surface area contributed by atoms with Crippen LogP contribution >= 0.6 is 0 Å². The van der Waals surface area contributed by atoms with E-state index in [1.54, 1.807) is 6.20 Å². The molecular formula is C13H14N4O. The molecule has 0 aliphatic heterocycles. The van der Waals surface area contributed by atoms with Gasteiger partial charge in [-0.2, -0.15) is 0 Å². The third-order valence-electron chi connectivity index (χ3n) is 2.45. The van der Waals surface area contributed by atoms with Crippen LogP contribution in [0.2, 0.25) is 0 Å². The first kappa shape index (κ1) is 12.2. The molecule has 0 unspecified atom stereocenters. The second-order valence-electron chi connectivity index (χ2n) is 3.84. The Balaban J connectivity index is 1.94. The highest BCUT2D eigenvalue weighted by atomic mass is 16.1. The van der Waals surface area contributed by atoms with Gasteiger partial charge in [-0.25, -0.2) is 4.98 Å². The van der Waals surface area contributed by atoms with Crippen molar-refractivity contribution in [2.24, 2.45) is 5.73 Å². The van der Waals surface area contributed by atoms with Gasteiger partial charge >= 0.3 is 0 Å². The Labute approximate surface area is 105 Å². The predicted molar refractivity (Wildman–Crippen MR) is 68.7 cm³/mol. The standard InChI is InChI=1S/C13H14N4O/c14-8-11-3-1-10(2-4-11)7-13(18)17-12-9-15-5-6-16-12/h1-6,9H,7-8,14H2,(H,16,17,18). The fourth-order valence-corrected chi connectivity index (χ4v) is 1.53. The molecule has 2 rings (SSSR count). The minimum absolute atomic E-state index is 0.115. The van der Waals surface area contributed by atoms with Crippen LogP contribution in [0.3, 0.4) is 0 Å². The van der Waals surface area contributed by atoms with E-state index in [1.165, 1.54) is 12.4 Å². The summed E-state index contributed by atoms with van der Waals surface area (Å²) in [5.41, 5.74) is 7.50. The Morgan fingerprint density at radius 3 is 2.50 bits per heavy atom. The van der Waals surface area contributed by atoms with E-state index >= 15 is 0 Å². The summed E-state index contributed by atoms with van der Waals surface area (Å²) in [6, 6.07) is 7.65. The molecule has 0 aliphatic carbocycles. The van der Waals surface area contributed by atoms with Crippen molar-refractivity contribution >= 4 is 11.7 Å². The molecule has 0 radical (unpaired) electrons. The van der Waals surface area contributed by atoms with Gasteiger partial charge in [0.1, 0.15) is 0 Å². The van der Waals surface area contributed by atoms with E-state index in [0.29, 0.717) is 18.8 Å². The molecule has 2 aromatic rings. The average molecular weight is 242 g/mol. The van der Waals surface area contributed by atoms with Crippen LogP contribution in [0.15, 0.2) is 42.9 Å². The molecule has 0 fully saturated rings. The van der Waals surface area contributed by atoms with Gasteiger partial charge in [0.05, 0.1) is 12.6 Å². The molecule has 5 heteroatoms. The second-order valence-corrected chi connectivity index (χ2v) is 3.84. The SMILES string of the molecule is NCc1ccc(CC(=O)Nc2cnccn2)cc1. The lowest BCUT2D eigenvalue weighted by Gasteiger charge is -2.04. The normalized spacial score (nSPS) is 10.1. The van der Waals surface area contributed by atoms with Gasteiger partial charge < -0.3 is 11.1 Å². The molecule has 0 atom stereocenters. The van der Waals surface area contributed by atoms with Gasteiger partial charge in [0.15, 0.2) is 5.82 Å². The number of hydrogen-bond donors (Lipinski definition) is 2. The summed E-state index contributed by atoms with van der Waals surface area (Å²) in [6.45, 7) is 0.506. The quantitative estimate of drug-likeness (QED) is 0.841. The summed E-state index contributed by atoms with van der Waals surface area (Å²) in [4.78, 5) is 19.6. The molecule has 1 aromatic carbocycles. The Hall–Kier alpha value is -2.27. The molecule has 18 heavy (non-hydrogen) atoms. The van der Waals surface area contributed by atoms with E-state index in [1.807, 2.05) is 24.3 Å². The first-order valence-corrected chi connectivity index (χ1v) is 5.61. The number of nitrogens with zero attached hydrogens (tertiary/aromatic N) is 2. The number of rotatable bonds is 4. The first-order valence-electron chi connectivity index (χ1n) is 5.61. The number of amides is 1. The largest absolute Gasteiger partial charge is 0.326 e. The van der Waals surface area contributed by atoms with Gasteiger partial charge in [-0.3, -0.25) is 9.78 Å². The van der Waals surface area contributed by atoms with Gasteiger partial charge in [0.2, 0.25) is 5.91 Å². The lowest BCUT2D eigenvalue weighted by Crippen LogP contribution is -2.15. The predicted octanol–water partition coefficient (Wildman–Crippen LogP) is 1.12. The fourth-order valence-electron chi connectivity index (χ4n) is 1.53. The van der Waals surface area contributed by atoms with Crippen molar-refractivity contribution in [3.8, 4) is 0 Å². The zero-order valence-corrected chi connectivity index (χ0v) is 9.84. The molecule has 0 saturated carbocycles. The van der Waals surface area contributed by atoms with Crippen molar-refractivity contribution in [3.63, 3.8) is 0 Å². The van der Waals surface area contributed by atoms with Gasteiger partial charge in [-0.15, -0.1) is 0 Å². The van der Waals surface area contributed by atoms with Gasteiger partial charge in [-0.1, -0.05) is 24.3 Å². The second kappa shape index (κ2) is 5.88. The van der Waals surface area contributed by atoms with E-state index in [4.69, 9.17) is 5.73 Å². The molecule has 1 aromatic heterocycles. The van der Waals surface area contributed by atoms with Crippen molar-refractivity contribution in [1.82, 2.24) is 9.97 Å². The van der Waals surface area contributed by atoms with Crippen LogP contribution in [0, 0.1) is 0 Å². The molecule has 0 aliphatic rings. The molecule has 5 nitrogen and oxygen atoms in total. The topological polar surface area (TPSA) is 80.9 Å². The molecule has 92 valence electrons. The van der Waals surface area contributed by atoms with Crippen LogP contribution in [0.25, 0.3) is 0 Å². The van der Waals surface area contributed by atoms with Gasteiger partial charge in [0.25, 0.3) is 0 Å². The molecule has 0 spiro atoms. The van der Waals surface area contributed by atoms with Crippen LogP contribution in [0.5, 0.6) is 0 Å². The highest BCUT2D eigenvalue weighted by Gasteiger charge is 2.04. The van der Waals surface area contributed by atoms with E-state index in [9.17, 15) is 4.79 Å². The Kier molecular flexibility index (Phi) is 3.98. The highest BCUT2D eigenvalue weighted by molar-refractivity contribution is 5.91. The molecule has 3 N–H and O–H groups in total. The molecule has 0 saturated heterocycles. The van der Waals surface area contributed by atoms with Crippen molar-refractivity contribution in [1.29, 1.82) is 0 Å². The van der Waals surface area contributed by atoms with Crippen LogP contribution in [0.1, 0.15) is 11.1 Å². The number of anilines is 1. The van der Waals surface area contributed by atoms with Gasteiger partial charge in [-0.05, 0) is 11.1 Å². The number of carbonyl (C=O) groups is 1. The number of benzene rings is 1. The molecule has 1 amide bonds. The van der Waals surface area contributed by atoms with Crippen molar-refractivity contribution < 1.29 is 4.79 Å². The lowest BCUT2D eigenvalue weighted by atomic mass is 10.1. The molecule has 1 heterocycles. The van der Waals surface area contributed by atoms with E-state index in [2.05, 4.69) is 15.3 Å². The number of aromatic nitrogens is 2. The summed E-state index contributed by atoms with van der Waals surface area (Å²) in [6.07, 6.45) is 4.91. The van der Waals surface area contributed by atoms with Crippen LogP contribution < -0.4 is 11.1 Å². The number of hydrogen-bond acceptors (Lipinski definition) is 4. The maximum Gasteiger partial charge on any atom is 0.229 e. The minimum Gasteiger partial charge on any atom is -0.326 e. The minimum atomic E-state index is -0.115. The maximum atomic E-state index is 11.7. The van der Waals surface area contributed by atoms with Gasteiger partial charge in [0, 0.05) is 18.9 Å². The Bertz CT molecular complexity index is 510. The van der Waals surface area contributed by atoms with Crippen LogP contribution in [-0.4, -0.2) is 15.9 Å². The average Bonchev–Trinajstić information content (AvgIpc) is 2.40. The number of nitrogens with one attached hydrogen (secondary N) is 1. The lowest BCUT2D eigenvalue weighted by molar-refractivity contribution is -0.115. The summed E-state index contributed by atoms with van der Waals surface area (Å²) in [5, 5.41) is 2.68. The van der Waals surface area contributed by atoms with Crippen molar-refractivity contribution in [2.75, 3.05) is 5.32 Å². The fraction of sp³-hybridized carbons (Fsp3) is 0.154. The van der Waals surface area contributed by atoms with E-state index < -0.39 is 0 Å². The number of nitrogens with two attached hydrogens (primary N) is 1. The first-order chi connectivity index (χ1) is 8.78. The summed E-state index contributed by atoms with van der Waals surface area (Å²) in [5.74, 6) is 0.345. The summed E-state index contributed by atoms with van der Waals surface area (Å²) < 4.78 is 0. The van der Waals surface area contributed by atoms with Crippen LogP contribution in [0.4, 0.5) is 5.82 Å². The third-order valence-corrected chi connectivity index (χ3v) is 2.45. The summed E-state index contributed by atoms with van der Waals surface area (Å²) >= 11 is 0. The third kappa shape index (κ3) is 3.36. The van der Waals surface area contributed by atoms with E-state index in [0.717, 1.165) is 11.1 Å². The summed E-state index contributed by atoms with van der Waals surface area (Å²) in [7, 11) is 0. The maximum absolute atomic E-state index is 11.7. The smallest absolute Gasteiger partial charge is 0.229 e. The zero-order chi connectivity index (χ0) is 12.8. The highest BCUT2D eigenvalue weighted by Crippen LogP contribution is 2.06. The van der Waals surface area contributed by atoms with E-state index in [-0.39, 0.29) is 5.91 Å². The Morgan fingerprint density at radius 2 is 1.89 bits per heavy atom. The Morgan fingerprint density at radius 1 is 1.17 bits per heavy atom. The molecular weight excluding hydrogens is 228 g/mol. The van der Waals surface area contributed by atoms with Crippen LogP contribution in [-0.2, 0) is 17.8 Å². The van der Waals surface area contributed by atoms with Crippen molar-refractivity contribution in [3.05, 3.63) is 54.0 Å². The molecule has 0 bridgehead atoms.